The molecule has 0 amide bonds. The van der Waals surface area contributed by atoms with E-state index in [0.717, 1.165) is 94.8 Å². The number of anilines is 3. The first kappa shape index (κ1) is 36.5. The van der Waals surface area contributed by atoms with Gasteiger partial charge in [-0.25, -0.2) is 0 Å². The standard InChI is InChI=1S/C61H41NO2/c1-61(2)54-23-10-8-18-47(54)48-33-31-44(37-55(48)61)62(43-29-26-39(27-30-43)45-20-12-21-50-49-19-9-11-25-57(49)63-59(45)50)56-24-13-22-51-52-34-42(38-14-4-3-5-15-38)28-32-46(52)53-35-40-16-6-7-17-41(40)36-58(53)64-60(51)56/h3-37H,1-2H3. The molecule has 2 aliphatic rings. The quantitative estimate of drug-likeness (QED) is 0.173. The minimum Gasteiger partial charge on any atom is -0.455 e. The number of hydrogen-bond donors (Lipinski definition) is 0. The molecule has 0 fully saturated rings. The number of rotatable bonds is 5. The first-order valence-corrected chi connectivity index (χ1v) is 22.1. The van der Waals surface area contributed by atoms with Gasteiger partial charge < -0.3 is 14.1 Å². The summed E-state index contributed by atoms with van der Waals surface area (Å²) in [7, 11) is 0. The van der Waals surface area contributed by atoms with Crippen LogP contribution in [0.3, 0.4) is 0 Å². The Morgan fingerprint density at radius 3 is 1.92 bits per heavy atom. The lowest BCUT2D eigenvalue weighted by Gasteiger charge is -2.30. The van der Waals surface area contributed by atoms with Crippen LogP contribution in [0.4, 0.5) is 17.1 Å². The maximum atomic E-state index is 7.39. The van der Waals surface area contributed by atoms with Gasteiger partial charge >= 0.3 is 0 Å². The van der Waals surface area contributed by atoms with Crippen molar-refractivity contribution in [1.82, 2.24) is 0 Å². The van der Waals surface area contributed by atoms with Crippen molar-refractivity contribution in [1.29, 1.82) is 0 Å². The monoisotopic (exact) mass is 819 g/mol. The molecule has 2 heterocycles. The zero-order chi connectivity index (χ0) is 42.5. The third-order valence-electron chi connectivity index (χ3n) is 13.7. The van der Waals surface area contributed by atoms with E-state index in [1.807, 2.05) is 12.1 Å². The lowest BCUT2D eigenvalue weighted by atomic mass is 9.82. The number of ether oxygens (including phenoxy) is 1. The molecule has 1 aliphatic carbocycles. The molecular formula is C61H41NO2. The van der Waals surface area contributed by atoms with Gasteiger partial charge in [-0.3, -0.25) is 0 Å². The number of benzene rings is 10. The van der Waals surface area contributed by atoms with Crippen molar-refractivity contribution in [2.45, 2.75) is 19.3 Å². The molecule has 64 heavy (non-hydrogen) atoms. The smallest absolute Gasteiger partial charge is 0.159 e. The Hall–Kier alpha value is -8.14. The first-order valence-electron chi connectivity index (χ1n) is 22.1. The zero-order valence-electron chi connectivity index (χ0n) is 35.5. The molecule has 0 saturated carbocycles. The second kappa shape index (κ2) is 13.9. The van der Waals surface area contributed by atoms with Gasteiger partial charge in [-0.15, -0.1) is 0 Å². The van der Waals surface area contributed by atoms with Crippen LogP contribution >= 0.6 is 0 Å². The number of furan rings is 1. The van der Waals surface area contributed by atoms with Crippen LogP contribution in [0.1, 0.15) is 25.0 Å². The highest BCUT2D eigenvalue weighted by Crippen LogP contribution is 2.56. The van der Waals surface area contributed by atoms with E-state index in [4.69, 9.17) is 9.15 Å². The highest BCUT2D eigenvalue weighted by atomic mass is 16.5. The number of hydrogen-bond acceptors (Lipinski definition) is 3. The average molecular weight is 820 g/mol. The Bertz CT molecular complexity index is 3670. The van der Waals surface area contributed by atoms with Crippen LogP contribution in [-0.2, 0) is 5.41 Å². The summed E-state index contributed by atoms with van der Waals surface area (Å²) in [5.41, 5.74) is 18.8. The van der Waals surface area contributed by atoms with E-state index in [9.17, 15) is 0 Å². The Kier molecular flexibility index (Phi) is 7.95. The molecule has 3 nitrogen and oxygen atoms in total. The molecule has 11 aromatic rings. The predicted molar refractivity (Wildman–Crippen MR) is 265 cm³/mol. The number of para-hydroxylation sites is 3. The van der Waals surface area contributed by atoms with Crippen molar-refractivity contribution >= 4 is 49.8 Å². The molecule has 0 spiro atoms. The van der Waals surface area contributed by atoms with Crippen LogP contribution in [-0.4, -0.2) is 0 Å². The summed E-state index contributed by atoms with van der Waals surface area (Å²) in [5.74, 6) is 1.64. The first-order chi connectivity index (χ1) is 31.5. The van der Waals surface area contributed by atoms with Crippen molar-refractivity contribution in [3.63, 3.8) is 0 Å². The van der Waals surface area contributed by atoms with Crippen LogP contribution in [0.25, 0.3) is 88.3 Å². The molecule has 0 unspecified atom stereocenters. The molecule has 1 aromatic heterocycles. The Morgan fingerprint density at radius 2 is 1.05 bits per heavy atom. The van der Waals surface area contributed by atoms with E-state index in [0.29, 0.717) is 0 Å². The van der Waals surface area contributed by atoms with Gasteiger partial charge in [-0.05, 0) is 115 Å². The molecule has 0 bridgehead atoms. The highest BCUT2D eigenvalue weighted by Gasteiger charge is 2.36. The van der Waals surface area contributed by atoms with Crippen LogP contribution in [0, 0.1) is 0 Å². The summed E-state index contributed by atoms with van der Waals surface area (Å²) in [6.07, 6.45) is 0. The van der Waals surface area contributed by atoms with E-state index in [-0.39, 0.29) is 5.41 Å². The van der Waals surface area contributed by atoms with Gasteiger partial charge in [0.2, 0.25) is 0 Å². The topological polar surface area (TPSA) is 25.6 Å². The third-order valence-corrected chi connectivity index (χ3v) is 13.7. The van der Waals surface area contributed by atoms with Crippen molar-refractivity contribution in [2.24, 2.45) is 0 Å². The van der Waals surface area contributed by atoms with Gasteiger partial charge in [0.15, 0.2) is 5.75 Å². The summed E-state index contributed by atoms with van der Waals surface area (Å²) in [5, 5.41) is 4.56. The molecular weight excluding hydrogens is 779 g/mol. The molecule has 0 saturated heterocycles. The Balaban J connectivity index is 1.04. The molecule has 3 heteroatoms. The van der Waals surface area contributed by atoms with Gasteiger partial charge in [-0.1, -0.05) is 172 Å². The fourth-order valence-electron chi connectivity index (χ4n) is 10.5. The van der Waals surface area contributed by atoms with Crippen molar-refractivity contribution < 1.29 is 9.15 Å². The van der Waals surface area contributed by atoms with Crippen molar-refractivity contribution in [3.05, 3.63) is 223 Å². The van der Waals surface area contributed by atoms with Gasteiger partial charge in [-0.2, -0.15) is 0 Å². The minimum atomic E-state index is -0.181. The van der Waals surface area contributed by atoms with Crippen molar-refractivity contribution in [2.75, 3.05) is 4.90 Å². The van der Waals surface area contributed by atoms with E-state index < -0.39 is 0 Å². The molecule has 13 rings (SSSR count). The summed E-state index contributed by atoms with van der Waals surface area (Å²) < 4.78 is 13.9. The van der Waals surface area contributed by atoms with Crippen molar-refractivity contribution in [3.8, 4) is 67.1 Å². The van der Waals surface area contributed by atoms with Crippen LogP contribution in [0.2, 0.25) is 0 Å². The lowest BCUT2D eigenvalue weighted by molar-refractivity contribution is 0.489. The Labute approximate surface area is 372 Å². The van der Waals surface area contributed by atoms with E-state index in [1.165, 1.54) is 33.2 Å². The molecule has 1 aliphatic heterocycles. The van der Waals surface area contributed by atoms with Gasteiger partial charge in [0.1, 0.15) is 16.9 Å². The van der Waals surface area contributed by atoms with Crippen LogP contribution in [0.15, 0.2) is 217 Å². The average Bonchev–Trinajstić information content (AvgIpc) is 3.79. The van der Waals surface area contributed by atoms with E-state index >= 15 is 0 Å². The van der Waals surface area contributed by atoms with E-state index in [1.54, 1.807) is 0 Å². The summed E-state index contributed by atoms with van der Waals surface area (Å²) in [6, 6.07) is 76.6. The van der Waals surface area contributed by atoms with Crippen LogP contribution < -0.4 is 9.64 Å². The van der Waals surface area contributed by atoms with Gasteiger partial charge in [0.05, 0.1) is 5.69 Å². The molecule has 0 radical (unpaired) electrons. The predicted octanol–water partition coefficient (Wildman–Crippen LogP) is 17.3. The summed E-state index contributed by atoms with van der Waals surface area (Å²) >= 11 is 0. The zero-order valence-corrected chi connectivity index (χ0v) is 35.5. The fourth-order valence-corrected chi connectivity index (χ4v) is 10.5. The Morgan fingerprint density at radius 1 is 0.391 bits per heavy atom. The molecule has 10 aromatic carbocycles. The third kappa shape index (κ3) is 5.54. The maximum Gasteiger partial charge on any atom is 0.159 e. The molecule has 0 atom stereocenters. The molecule has 302 valence electrons. The SMILES string of the molecule is CC1(C)c2ccccc2-c2ccc(N(c3ccc(-c4cccc5c4oc4ccccc45)cc3)c3cccc4c3Oc3cc5ccccc5cc3-c3ccc(-c5ccccc5)cc3-4)cc21. The van der Waals surface area contributed by atoms with Crippen LogP contribution in [0.5, 0.6) is 11.5 Å². The highest BCUT2D eigenvalue weighted by molar-refractivity contribution is 6.09. The second-order valence-corrected chi connectivity index (χ2v) is 17.6. The normalized spacial score (nSPS) is 13.1. The largest absolute Gasteiger partial charge is 0.455 e. The minimum absolute atomic E-state index is 0.181. The second-order valence-electron chi connectivity index (χ2n) is 17.6. The van der Waals surface area contributed by atoms with Gasteiger partial charge in [0.25, 0.3) is 0 Å². The summed E-state index contributed by atoms with van der Waals surface area (Å²) in [4.78, 5) is 2.39. The van der Waals surface area contributed by atoms with E-state index in [2.05, 4.69) is 219 Å². The maximum absolute atomic E-state index is 7.39. The number of fused-ring (bicyclic) bond motifs is 12. The fraction of sp³-hybridized carbons (Fsp3) is 0.0492. The lowest BCUT2D eigenvalue weighted by Crippen LogP contribution is -2.17. The molecule has 0 N–H and O–H groups in total. The van der Waals surface area contributed by atoms with Gasteiger partial charge in [0, 0.05) is 44.3 Å². The number of nitrogens with zero attached hydrogens (tertiary/aromatic N) is 1. The summed E-state index contributed by atoms with van der Waals surface area (Å²) in [6.45, 7) is 4.69.